The van der Waals surface area contributed by atoms with Crippen LogP contribution in [0.15, 0.2) is 0 Å². The molecule has 1 aromatic rings. The van der Waals surface area contributed by atoms with Crippen LogP contribution >= 0.6 is 11.5 Å². The van der Waals surface area contributed by atoms with Gasteiger partial charge in [-0.1, -0.05) is 0 Å². The van der Waals surface area contributed by atoms with Crippen LogP contribution in [0.2, 0.25) is 0 Å². The van der Waals surface area contributed by atoms with E-state index in [1.165, 1.54) is 0 Å². The van der Waals surface area contributed by atoms with Crippen molar-refractivity contribution in [3.63, 3.8) is 0 Å². The smallest absolute Gasteiger partial charge is 0.369 e. The standard InChI is InChI=1S/C6H7BN2O2S/c1-2-11-6(10)5-8-4(3-7)9-12-5/h2-3H2,1H3. The first-order valence-electron chi connectivity index (χ1n) is 3.47. The van der Waals surface area contributed by atoms with Crippen LogP contribution in [0, 0.1) is 0 Å². The third kappa shape index (κ3) is 2.04. The van der Waals surface area contributed by atoms with Crippen LogP contribution in [0.1, 0.15) is 22.6 Å². The Bertz CT molecular complexity index is 276. The van der Waals surface area contributed by atoms with Crippen molar-refractivity contribution in [3.05, 3.63) is 10.8 Å². The van der Waals surface area contributed by atoms with Crippen LogP contribution in [0.5, 0.6) is 0 Å². The molecule has 1 rings (SSSR count). The Morgan fingerprint density at radius 3 is 3.00 bits per heavy atom. The van der Waals surface area contributed by atoms with E-state index in [1.54, 1.807) is 6.92 Å². The second-order valence-electron chi connectivity index (χ2n) is 1.94. The lowest BCUT2D eigenvalue weighted by Crippen LogP contribution is -2.04. The average molecular weight is 182 g/mol. The highest BCUT2D eigenvalue weighted by molar-refractivity contribution is 7.07. The molecule has 4 nitrogen and oxygen atoms in total. The van der Waals surface area contributed by atoms with E-state index in [2.05, 4.69) is 9.36 Å². The minimum absolute atomic E-state index is 0.246. The summed E-state index contributed by atoms with van der Waals surface area (Å²) in [6.45, 7) is 2.08. The van der Waals surface area contributed by atoms with Gasteiger partial charge < -0.3 is 4.74 Å². The maximum atomic E-state index is 11.0. The summed E-state index contributed by atoms with van der Waals surface area (Å²) >= 11 is 1.01. The van der Waals surface area contributed by atoms with Gasteiger partial charge in [0.05, 0.1) is 14.5 Å². The van der Waals surface area contributed by atoms with E-state index < -0.39 is 5.97 Å². The number of hydrogen-bond donors (Lipinski definition) is 0. The summed E-state index contributed by atoms with van der Waals surface area (Å²) in [6, 6.07) is 0. The number of nitrogens with zero attached hydrogens (tertiary/aromatic N) is 2. The van der Waals surface area contributed by atoms with Gasteiger partial charge >= 0.3 is 5.97 Å². The molecule has 0 atom stereocenters. The molecule has 0 amide bonds. The quantitative estimate of drug-likeness (QED) is 0.500. The number of esters is 1. The van der Waals surface area contributed by atoms with Crippen molar-refractivity contribution in [1.29, 1.82) is 0 Å². The van der Waals surface area contributed by atoms with E-state index in [0.29, 0.717) is 12.4 Å². The zero-order valence-corrected chi connectivity index (χ0v) is 7.43. The van der Waals surface area contributed by atoms with E-state index in [9.17, 15) is 4.79 Å². The second-order valence-corrected chi connectivity index (χ2v) is 2.69. The van der Waals surface area contributed by atoms with E-state index >= 15 is 0 Å². The van der Waals surface area contributed by atoms with Crippen LogP contribution in [-0.2, 0) is 11.1 Å². The lowest BCUT2D eigenvalue weighted by molar-refractivity contribution is 0.0526. The molecule has 6 heteroatoms. The van der Waals surface area contributed by atoms with Crippen LogP contribution in [0.4, 0.5) is 0 Å². The molecule has 0 bridgehead atoms. The van der Waals surface area contributed by atoms with Crippen LogP contribution in [0.3, 0.4) is 0 Å². The molecule has 0 fully saturated rings. The Morgan fingerprint density at radius 1 is 1.75 bits per heavy atom. The van der Waals surface area contributed by atoms with Gasteiger partial charge in [0.1, 0.15) is 5.82 Å². The molecular formula is C6H7BN2O2S. The highest BCUT2D eigenvalue weighted by Crippen LogP contribution is 2.05. The van der Waals surface area contributed by atoms with E-state index in [1.807, 2.05) is 0 Å². The molecule has 1 aromatic heterocycles. The molecule has 0 aliphatic rings. The van der Waals surface area contributed by atoms with Crippen molar-refractivity contribution < 1.29 is 9.53 Å². The zero-order chi connectivity index (χ0) is 8.97. The number of hydrogen-bond acceptors (Lipinski definition) is 5. The van der Waals surface area contributed by atoms with Crippen LogP contribution in [0.25, 0.3) is 0 Å². The number of ether oxygens (including phenoxy) is 1. The summed E-state index contributed by atoms with van der Waals surface area (Å²) in [7, 11) is 5.27. The monoisotopic (exact) mass is 182 g/mol. The fourth-order valence-corrected chi connectivity index (χ4v) is 1.20. The molecule has 2 radical (unpaired) electrons. The van der Waals surface area contributed by atoms with E-state index in [-0.39, 0.29) is 11.3 Å². The average Bonchev–Trinajstić information content (AvgIpc) is 2.52. The summed E-state index contributed by atoms with van der Waals surface area (Å²) in [5.74, 6) is 0.0396. The van der Waals surface area contributed by atoms with Gasteiger partial charge in [-0.3, -0.25) is 0 Å². The first-order chi connectivity index (χ1) is 5.77. The summed E-state index contributed by atoms with van der Waals surface area (Å²) in [6.07, 6.45) is 0.246. The first-order valence-corrected chi connectivity index (χ1v) is 4.25. The normalized spacial score (nSPS) is 9.75. The molecule has 0 aliphatic carbocycles. The van der Waals surface area contributed by atoms with Crippen molar-refractivity contribution >= 4 is 25.3 Å². The van der Waals surface area contributed by atoms with Crippen molar-refractivity contribution in [3.8, 4) is 0 Å². The third-order valence-electron chi connectivity index (χ3n) is 1.10. The molecule has 0 aliphatic heterocycles. The minimum Gasteiger partial charge on any atom is -0.461 e. The predicted molar refractivity (Wildman–Crippen MR) is 45.3 cm³/mol. The Balaban J connectivity index is 2.68. The maximum absolute atomic E-state index is 11.0. The van der Waals surface area contributed by atoms with Gasteiger partial charge in [-0.2, -0.15) is 4.37 Å². The molecule has 0 saturated carbocycles. The van der Waals surface area contributed by atoms with E-state index in [0.717, 1.165) is 11.5 Å². The fourth-order valence-electron chi connectivity index (χ4n) is 0.613. The Kier molecular flexibility index (Phi) is 3.22. The van der Waals surface area contributed by atoms with Gasteiger partial charge in [0, 0.05) is 0 Å². The summed E-state index contributed by atoms with van der Waals surface area (Å²) in [5, 5.41) is 0.261. The molecule has 0 aromatic carbocycles. The SMILES string of the molecule is [B]Cc1nsc(C(=O)OCC)n1. The Morgan fingerprint density at radius 2 is 2.50 bits per heavy atom. The zero-order valence-electron chi connectivity index (χ0n) is 6.61. The second kappa shape index (κ2) is 4.20. The van der Waals surface area contributed by atoms with Gasteiger partial charge in [0.25, 0.3) is 0 Å². The van der Waals surface area contributed by atoms with Gasteiger partial charge in [0.15, 0.2) is 0 Å². The highest BCUT2D eigenvalue weighted by Gasteiger charge is 2.11. The number of rotatable bonds is 3. The number of carbonyl (C=O) groups is 1. The largest absolute Gasteiger partial charge is 0.461 e. The van der Waals surface area contributed by atoms with Gasteiger partial charge in [-0.25, -0.2) is 9.78 Å². The van der Waals surface area contributed by atoms with E-state index in [4.69, 9.17) is 12.6 Å². The van der Waals surface area contributed by atoms with Crippen molar-refractivity contribution in [2.24, 2.45) is 0 Å². The van der Waals surface area contributed by atoms with Crippen molar-refractivity contribution in [1.82, 2.24) is 9.36 Å². The van der Waals surface area contributed by atoms with Gasteiger partial charge in [-0.15, -0.1) is 0 Å². The molecule has 0 N–H and O–H groups in total. The van der Waals surface area contributed by atoms with Crippen LogP contribution in [-0.4, -0.2) is 29.8 Å². The fraction of sp³-hybridized carbons (Fsp3) is 0.500. The molecular weight excluding hydrogens is 175 g/mol. The van der Waals surface area contributed by atoms with Crippen LogP contribution < -0.4 is 0 Å². The Labute approximate surface area is 75.5 Å². The topological polar surface area (TPSA) is 52.1 Å². The summed E-state index contributed by atoms with van der Waals surface area (Å²) < 4.78 is 8.56. The molecule has 0 unspecified atom stereocenters. The summed E-state index contributed by atoms with van der Waals surface area (Å²) in [5.41, 5.74) is 0. The lowest BCUT2D eigenvalue weighted by atomic mass is 10.1. The molecule has 1 heterocycles. The predicted octanol–water partition coefficient (Wildman–Crippen LogP) is 0.383. The van der Waals surface area contributed by atoms with Gasteiger partial charge in [0.2, 0.25) is 5.01 Å². The lowest BCUT2D eigenvalue weighted by Gasteiger charge is -1.94. The van der Waals surface area contributed by atoms with Crippen molar-refractivity contribution in [2.75, 3.05) is 6.61 Å². The first kappa shape index (κ1) is 9.19. The Hall–Kier alpha value is -0.905. The molecule has 62 valence electrons. The molecule has 0 spiro atoms. The highest BCUT2D eigenvalue weighted by atomic mass is 32.1. The maximum Gasteiger partial charge on any atom is 0.369 e. The third-order valence-corrected chi connectivity index (χ3v) is 1.83. The van der Waals surface area contributed by atoms with Gasteiger partial charge in [-0.05, 0) is 24.8 Å². The number of carbonyl (C=O) groups excluding carboxylic acids is 1. The number of aromatic nitrogens is 2. The molecule has 12 heavy (non-hydrogen) atoms. The minimum atomic E-state index is -0.435. The molecule has 0 saturated heterocycles. The van der Waals surface area contributed by atoms with Crippen molar-refractivity contribution in [2.45, 2.75) is 13.2 Å². The summed E-state index contributed by atoms with van der Waals surface area (Å²) in [4.78, 5) is 14.9.